The van der Waals surface area contributed by atoms with Gasteiger partial charge < -0.3 is 20.3 Å². The van der Waals surface area contributed by atoms with E-state index in [1.54, 1.807) is 12.1 Å². The summed E-state index contributed by atoms with van der Waals surface area (Å²) in [6.45, 7) is 5.08. The van der Waals surface area contributed by atoms with Crippen molar-refractivity contribution in [2.45, 2.75) is 39.0 Å². The van der Waals surface area contributed by atoms with Gasteiger partial charge in [0.2, 0.25) is 0 Å². The van der Waals surface area contributed by atoms with E-state index in [0.717, 1.165) is 0 Å². The zero-order valence-corrected chi connectivity index (χ0v) is 11.7. The third kappa shape index (κ3) is 4.55. The van der Waals surface area contributed by atoms with Crippen molar-refractivity contribution < 1.29 is 24.5 Å². The first-order valence-electron chi connectivity index (χ1n) is 6.29. The van der Waals surface area contributed by atoms with Crippen molar-refractivity contribution in [2.24, 2.45) is 0 Å². The summed E-state index contributed by atoms with van der Waals surface area (Å²) in [5, 5.41) is 20.5. The van der Waals surface area contributed by atoms with Crippen LogP contribution in [0.3, 0.4) is 0 Å². The minimum atomic E-state index is -1.34. The van der Waals surface area contributed by atoms with Crippen LogP contribution < -0.4 is 10.1 Å². The smallest absolute Gasteiger partial charge is 0.328 e. The second kappa shape index (κ2) is 6.91. The van der Waals surface area contributed by atoms with Gasteiger partial charge in [0, 0.05) is 5.56 Å². The number of carboxylic acids is 1. The van der Waals surface area contributed by atoms with Crippen LogP contribution in [0, 0.1) is 0 Å². The van der Waals surface area contributed by atoms with Gasteiger partial charge in [-0.25, -0.2) is 4.79 Å². The highest BCUT2D eigenvalue weighted by Crippen LogP contribution is 2.14. The number of carbonyl (C=O) groups excluding carboxylic acids is 1. The van der Waals surface area contributed by atoms with Crippen LogP contribution in [0.25, 0.3) is 0 Å². The van der Waals surface area contributed by atoms with Crippen LogP contribution in [-0.4, -0.2) is 40.3 Å². The summed E-state index contributed by atoms with van der Waals surface area (Å²) in [6.07, 6.45) is -1.15. The molecule has 2 unspecified atom stereocenters. The largest absolute Gasteiger partial charge is 0.491 e. The zero-order valence-electron chi connectivity index (χ0n) is 11.7. The monoisotopic (exact) mass is 281 g/mol. The van der Waals surface area contributed by atoms with Crippen LogP contribution in [0.4, 0.5) is 0 Å². The van der Waals surface area contributed by atoms with E-state index >= 15 is 0 Å². The molecule has 6 nitrogen and oxygen atoms in total. The minimum Gasteiger partial charge on any atom is -0.491 e. The molecule has 6 heteroatoms. The fourth-order valence-electron chi connectivity index (χ4n) is 1.57. The molecule has 0 saturated carbocycles. The second-order valence-electron chi connectivity index (χ2n) is 4.72. The molecule has 0 bridgehead atoms. The zero-order chi connectivity index (χ0) is 15.3. The lowest BCUT2D eigenvalue weighted by molar-refractivity contribution is -0.141. The van der Waals surface area contributed by atoms with Crippen LogP contribution in [0.5, 0.6) is 5.75 Å². The van der Waals surface area contributed by atoms with Gasteiger partial charge in [-0.15, -0.1) is 0 Å². The van der Waals surface area contributed by atoms with Gasteiger partial charge >= 0.3 is 5.97 Å². The van der Waals surface area contributed by atoms with Crippen LogP contribution in [-0.2, 0) is 4.79 Å². The van der Waals surface area contributed by atoms with E-state index in [1.807, 2.05) is 13.8 Å². The van der Waals surface area contributed by atoms with E-state index < -0.39 is 24.0 Å². The van der Waals surface area contributed by atoms with Crippen molar-refractivity contribution in [3.8, 4) is 5.75 Å². The molecule has 110 valence electrons. The van der Waals surface area contributed by atoms with E-state index in [1.165, 1.54) is 19.1 Å². The summed E-state index contributed by atoms with van der Waals surface area (Å²) >= 11 is 0. The Labute approximate surface area is 117 Å². The first kappa shape index (κ1) is 16.0. The number of aliphatic hydroxyl groups excluding tert-OH is 1. The molecule has 1 aromatic rings. The molecule has 0 heterocycles. The van der Waals surface area contributed by atoms with E-state index in [0.29, 0.717) is 11.3 Å². The summed E-state index contributed by atoms with van der Waals surface area (Å²) in [6, 6.07) is 5.00. The Morgan fingerprint density at radius 2 is 1.70 bits per heavy atom. The number of carbonyl (C=O) groups is 2. The lowest BCUT2D eigenvalue weighted by Gasteiger charge is -2.17. The first-order valence-corrected chi connectivity index (χ1v) is 6.29. The molecule has 0 saturated heterocycles. The number of aliphatic hydroxyl groups is 1. The Morgan fingerprint density at radius 1 is 1.15 bits per heavy atom. The fraction of sp³-hybridized carbons (Fsp3) is 0.429. The normalized spacial score (nSPS) is 13.7. The Balaban J connectivity index is 2.74. The van der Waals surface area contributed by atoms with Gasteiger partial charge in [0.15, 0.2) is 6.04 Å². The van der Waals surface area contributed by atoms with Crippen LogP contribution in [0.15, 0.2) is 24.3 Å². The molecule has 0 spiro atoms. The van der Waals surface area contributed by atoms with Gasteiger partial charge in [-0.1, -0.05) is 0 Å². The van der Waals surface area contributed by atoms with Crippen LogP contribution >= 0.6 is 0 Å². The maximum atomic E-state index is 11.9. The molecule has 0 aliphatic rings. The Kier molecular flexibility index (Phi) is 5.52. The van der Waals surface area contributed by atoms with Crippen molar-refractivity contribution in [1.29, 1.82) is 0 Å². The Morgan fingerprint density at radius 3 is 2.10 bits per heavy atom. The van der Waals surface area contributed by atoms with E-state index in [-0.39, 0.29) is 6.10 Å². The SMILES string of the molecule is CC(C)Oc1ccc(C(=O)NC(C(=O)O)C(C)O)cc1. The number of aliphatic carboxylic acids is 1. The molecule has 2 atom stereocenters. The lowest BCUT2D eigenvalue weighted by atomic mass is 10.1. The summed E-state index contributed by atoms with van der Waals surface area (Å²) in [5.41, 5.74) is 0.299. The molecular weight excluding hydrogens is 262 g/mol. The molecule has 0 aromatic heterocycles. The quantitative estimate of drug-likeness (QED) is 0.724. The molecule has 1 rings (SSSR count). The lowest BCUT2D eigenvalue weighted by Crippen LogP contribution is -2.47. The Hall–Kier alpha value is -2.08. The van der Waals surface area contributed by atoms with Crippen molar-refractivity contribution >= 4 is 11.9 Å². The molecular formula is C14H19NO5. The standard InChI is InChI=1S/C14H19NO5/c1-8(2)20-11-6-4-10(5-7-11)13(17)15-12(9(3)16)14(18)19/h4-9,12,16H,1-3H3,(H,15,17)(H,18,19). The molecule has 0 fully saturated rings. The van der Waals surface area contributed by atoms with Gasteiger partial charge in [-0.05, 0) is 45.0 Å². The van der Waals surface area contributed by atoms with Gasteiger partial charge in [0.1, 0.15) is 5.75 Å². The number of nitrogens with one attached hydrogen (secondary N) is 1. The van der Waals surface area contributed by atoms with Crippen LogP contribution in [0.2, 0.25) is 0 Å². The van der Waals surface area contributed by atoms with Crippen molar-refractivity contribution in [2.75, 3.05) is 0 Å². The summed E-state index contributed by atoms with van der Waals surface area (Å²) in [4.78, 5) is 22.8. The number of hydrogen-bond acceptors (Lipinski definition) is 4. The maximum Gasteiger partial charge on any atom is 0.328 e. The average molecular weight is 281 g/mol. The molecule has 20 heavy (non-hydrogen) atoms. The highest BCUT2D eigenvalue weighted by atomic mass is 16.5. The van der Waals surface area contributed by atoms with Crippen LogP contribution in [0.1, 0.15) is 31.1 Å². The fourth-order valence-corrected chi connectivity index (χ4v) is 1.57. The molecule has 0 aliphatic carbocycles. The van der Waals surface area contributed by atoms with Crippen molar-refractivity contribution in [1.82, 2.24) is 5.32 Å². The predicted octanol–water partition coefficient (Wildman–Crippen LogP) is 1.04. The number of rotatable bonds is 6. The van der Waals surface area contributed by atoms with E-state index in [4.69, 9.17) is 9.84 Å². The highest BCUT2D eigenvalue weighted by Gasteiger charge is 2.25. The van der Waals surface area contributed by atoms with Gasteiger partial charge in [-0.3, -0.25) is 4.79 Å². The van der Waals surface area contributed by atoms with Crippen molar-refractivity contribution in [3.63, 3.8) is 0 Å². The number of benzene rings is 1. The minimum absolute atomic E-state index is 0.0290. The number of amides is 1. The molecule has 0 aliphatic heterocycles. The maximum absolute atomic E-state index is 11.9. The second-order valence-corrected chi connectivity index (χ2v) is 4.72. The van der Waals surface area contributed by atoms with E-state index in [9.17, 15) is 14.7 Å². The summed E-state index contributed by atoms with van der Waals surface area (Å²) < 4.78 is 5.44. The number of carboxylic acid groups (broad SMARTS) is 1. The third-order valence-corrected chi connectivity index (χ3v) is 2.52. The average Bonchev–Trinajstić information content (AvgIpc) is 2.35. The summed E-state index contributed by atoms with van der Waals surface area (Å²) in [7, 11) is 0. The molecule has 3 N–H and O–H groups in total. The predicted molar refractivity (Wildman–Crippen MR) is 72.8 cm³/mol. The Bertz CT molecular complexity index is 467. The first-order chi connectivity index (χ1) is 9.31. The van der Waals surface area contributed by atoms with Gasteiger partial charge in [-0.2, -0.15) is 0 Å². The summed E-state index contributed by atoms with van der Waals surface area (Å²) in [5.74, 6) is -1.22. The van der Waals surface area contributed by atoms with Crippen molar-refractivity contribution in [3.05, 3.63) is 29.8 Å². The van der Waals surface area contributed by atoms with Gasteiger partial charge in [0.05, 0.1) is 12.2 Å². The number of ether oxygens (including phenoxy) is 1. The molecule has 1 amide bonds. The van der Waals surface area contributed by atoms with E-state index in [2.05, 4.69) is 5.32 Å². The molecule has 1 aromatic carbocycles. The highest BCUT2D eigenvalue weighted by molar-refractivity contribution is 5.96. The topological polar surface area (TPSA) is 95.9 Å². The number of hydrogen-bond donors (Lipinski definition) is 3. The third-order valence-electron chi connectivity index (χ3n) is 2.52. The van der Waals surface area contributed by atoms with Gasteiger partial charge in [0.25, 0.3) is 5.91 Å². The molecule has 0 radical (unpaired) electrons.